The van der Waals surface area contributed by atoms with Gasteiger partial charge < -0.3 is 10.2 Å². The quantitative estimate of drug-likeness (QED) is 0.492. The summed E-state index contributed by atoms with van der Waals surface area (Å²) in [6.45, 7) is 0. The average molecular weight is 280 g/mol. The van der Waals surface area contributed by atoms with Crippen LogP contribution in [0.3, 0.4) is 0 Å². The lowest BCUT2D eigenvalue weighted by Crippen LogP contribution is -2.19. The third-order valence-electron chi connectivity index (χ3n) is 2.27. The van der Waals surface area contributed by atoms with Gasteiger partial charge in [-0.3, -0.25) is 10.1 Å². The van der Waals surface area contributed by atoms with Gasteiger partial charge in [0.1, 0.15) is 6.10 Å². The van der Waals surface area contributed by atoms with E-state index in [2.05, 4.69) is 0 Å². The number of alkyl halides is 1. The zero-order chi connectivity index (χ0) is 13.0. The number of nitrogens with zero attached hydrogens (tertiary/aromatic N) is 1. The summed E-state index contributed by atoms with van der Waals surface area (Å²) in [5.74, 6) is 0.145. The molecule has 94 valence electrons. The number of aliphatic hydroxyl groups is 2. The van der Waals surface area contributed by atoms with Crippen LogP contribution in [0.4, 0.5) is 5.69 Å². The van der Waals surface area contributed by atoms with Gasteiger partial charge in [-0.15, -0.1) is 11.6 Å². The third kappa shape index (κ3) is 3.54. The molecule has 0 fully saturated rings. The Morgan fingerprint density at radius 1 is 1.41 bits per heavy atom. The van der Waals surface area contributed by atoms with Gasteiger partial charge >= 0.3 is 0 Å². The highest BCUT2D eigenvalue weighted by molar-refractivity contribution is 6.30. The van der Waals surface area contributed by atoms with Gasteiger partial charge in [0, 0.05) is 17.0 Å². The number of hydrogen-bond acceptors (Lipinski definition) is 4. The molecule has 2 unspecified atom stereocenters. The van der Waals surface area contributed by atoms with Crippen LogP contribution in [-0.2, 0) is 0 Å². The number of nitro groups is 1. The molecule has 17 heavy (non-hydrogen) atoms. The topological polar surface area (TPSA) is 83.6 Å². The van der Waals surface area contributed by atoms with E-state index in [1.54, 1.807) is 0 Å². The maximum atomic E-state index is 10.8. The zero-order valence-electron chi connectivity index (χ0n) is 8.72. The van der Waals surface area contributed by atoms with Crippen molar-refractivity contribution in [3.05, 3.63) is 38.9 Å². The fraction of sp³-hybridized carbons (Fsp3) is 0.400. The van der Waals surface area contributed by atoms with Crippen molar-refractivity contribution in [1.82, 2.24) is 0 Å². The van der Waals surface area contributed by atoms with Crippen molar-refractivity contribution in [2.45, 2.75) is 18.6 Å². The van der Waals surface area contributed by atoms with Crippen LogP contribution in [0.15, 0.2) is 18.2 Å². The highest BCUT2D eigenvalue weighted by Gasteiger charge is 2.26. The number of benzene rings is 1. The van der Waals surface area contributed by atoms with Crippen LogP contribution in [0.5, 0.6) is 0 Å². The summed E-state index contributed by atoms with van der Waals surface area (Å²) >= 11 is 11.1. The van der Waals surface area contributed by atoms with E-state index in [-0.39, 0.29) is 28.6 Å². The molecule has 0 aliphatic carbocycles. The van der Waals surface area contributed by atoms with E-state index >= 15 is 0 Å². The predicted molar refractivity (Wildman–Crippen MR) is 64.4 cm³/mol. The maximum Gasteiger partial charge on any atom is 0.275 e. The third-order valence-corrected chi connectivity index (χ3v) is 2.73. The highest BCUT2D eigenvalue weighted by atomic mass is 35.5. The Morgan fingerprint density at radius 2 is 2.06 bits per heavy atom. The molecule has 1 rings (SSSR count). The summed E-state index contributed by atoms with van der Waals surface area (Å²) in [5, 5.41) is 30.4. The predicted octanol–water partition coefficient (Wildman–Crippen LogP) is 2.27. The van der Waals surface area contributed by atoms with Crippen LogP contribution < -0.4 is 0 Å². The van der Waals surface area contributed by atoms with Gasteiger partial charge in [-0.25, -0.2) is 0 Å². The molecule has 2 atom stereocenters. The van der Waals surface area contributed by atoms with E-state index in [4.69, 9.17) is 23.2 Å². The van der Waals surface area contributed by atoms with Gasteiger partial charge in [-0.1, -0.05) is 11.6 Å². The molecule has 0 heterocycles. The van der Waals surface area contributed by atoms with E-state index in [1.807, 2.05) is 0 Å². The molecule has 7 heteroatoms. The van der Waals surface area contributed by atoms with Gasteiger partial charge in [0.15, 0.2) is 0 Å². The second-order valence-corrected chi connectivity index (χ2v) is 4.26. The normalized spacial score (nSPS) is 14.4. The Kier molecular flexibility index (Phi) is 5.14. The van der Waals surface area contributed by atoms with Gasteiger partial charge in [0.05, 0.1) is 16.6 Å². The van der Waals surface area contributed by atoms with Crippen molar-refractivity contribution in [2.24, 2.45) is 0 Å². The lowest BCUT2D eigenvalue weighted by Gasteiger charge is -2.17. The van der Waals surface area contributed by atoms with E-state index in [0.29, 0.717) is 0 Å². The summed E-state index contributed by atoms with van der Waals surface area (Å²) in [6.07, 6.45) is -2.41. The highest BCUT2D eigenvalue weighted by Crippen LogP contribution is 2.30. The van der Waals surface area contributed by atoms with Crippen molar-refractivity contribution in [1.29, 1.82) is 0 Å². The first-order chi connectivity index (χ1) is 7.97. The fourth-order valence-electron chi connectivity index (χ4n) is 1.41. The summed E-state index contributed by atoms with van der Waals surface area (Å²) in [6, 6.07) is 3.81. The van der Waals surface area contributed by atoms with Gasteiger partial charge in [-0.05, 0) is 18.6 Å². The minimum Gasteiger partial charge on any atom is -0.390 e. The van der Waals surface area contributed by atoms with Crippen LogP contribution in [0.1, 0.15) is 18.1 Å². The average Bonchev–Trinajstić information content (AvgIpc) is 2.27. The second-order valence-electron chi connectivity index (χ2n) is 3.45. The Hall–Kier alpha value is -0.880. The molecule has 0 aromatic heterocycles. The number of nitro benzene ring substituents is 1. The van der Waals surface area contributed by atoms with Crippen molar-refractivity contribution in [3.8, 4) is 0 Å². The van der Waals surface area contributed by atoms with Gasteiger partial charge in [0.25, 0.3) is 5.69 Å². The van der Waals surface area contributed by atoms with Crippen molar-refractivity contribution in [2.75, 3.05) is 5.88 Å². The molecule has 0 spiro atoms. The van der Waals surface area contributed by atoms with Crippen LogP contribution >= 0.6 is 23.2 Å². The lowest BCUT2D eigenvalue weighted by atomic mass is 10.0. The summed E-state index contributed by atoms with van der Waals surface area (Å²) < 4.78 is 0. The monoisotopic (exact) mass is 279 g/mol. The molecule has 0 saturated heterocycles. The number of hydrogen-bond donors (Lipinski definition) is 2. The van der Waals surface area contributed by atoms with Crippen LogP contribution in [-0.4, -0.2) is 27.1 Å². The second kappa shape index (κ2) is 6.16. The standard InChI is InChI=1S/C10H11Cl2NO4/c11-4-3-9(14)10(15)7-5-6(12)1-2-8(7)13(16)17/h1-2,5,9-10,14-15H,3-4H2. The summed E-state index contributed by atoms with van der Waals surface area (Å²) in [4.78, 5) is 10.1. The number of aliphatic hydroxyl groups excluding tert-OH is 2. The maximum absolute atomic E-state index is 10.8. The molecule has 0 aliphatic rings. The Balaban J connectivity index is 3.10. The van der Waals surface area contributed by atoms with E-state index in [9.17, 15) is 20.3 Å². The minimum absolute atomic E-state index is 0.0138. The van der Waals surface area contributed by atoms with E-state index in [1.165, 1.54) is 18.2 Å². The Labute approximate surface area is 108 Å². The van der Waals surface area contributed by atoms with Crippen molar-refractivity contribution in [3.63, 3.8) is 0 Å². The first-order valence-corrected chi connectivity index (χ1v) is 5.74. The van der Waals surface area contributed by atoms with E-state index < -0.39 is 17.1 Å². The molecule has 0 radical (unpaired) electrons. The lowest BCUT2D eigenvalue weighted by molar-refractivity contribution is -0.386. The first kappa shape index (κ1) is 14.2. The molecule has 2 N–H and O–H groups in total. The number of rotatable bonds is 5. The molecule has 0 amide bonds. The van der Waals surface area contributed by atoms with Crippen LogP contribution in [0.2, 0.25) is 5.02 Å². The van der Waals surface area contributed by atoms with E-state index in [0.717, 1.165) is 0 Å². The fourth-order valence-corrected chi connectivity index (χ4v) is 1.81. The molecule has 1 aromatic rings. The van der Waals surface area contributed by atoms with Crippen LogP contribution in [0, 0.1) is 10.1 Å². The molecule has 0 aliphatic heterocycles. The SMILES string of the molecule is O=[N+]([O-])c1ccc(Cl)cc1C(O)C(O)CCCl. The molecular weight excluding hydrogens is 269 g/mol. The number of halogens is 2. The largest absolute Gasteiger partial charge is 0.390 e. The van der Waals surface area contributed by atoms with Gasteiger partial charge in [0.2, 0.25) is 0 Å². The molecule has 1 aromatic carbocycles. The minimum atomic E-state index is -1.38. The van der Waals surface area contributed by atoms with Crippen molar-refractivity contribution >= 4 is 28.9 Å². The van der Waals surface area contributed by atoms with Gasteiger partial charge in [-0.2, -0.15) is 0 Å². The molecule has 0 saturated carbocycles. The molecule has 5 nitrogen and oxygen atoms in total. The smallest absolute Gasteiger partial charge is 0.275 e. The summed E-state index contributed by atoms with van der Waals surface area (Å²) in [7, 11) is 0. The zero-order valence-corrected chi connectivity index (χ0v) is 10.2. The summed E-state index contributed by atoms with van der Waals surface area (Å²) in [5.41, 5.74) is -0.296. The first-order valence-electron chi connectivity index (χ1n) is 4.83. The van der Waals surface area contributed by atoms with Crippen molar-refractivity contribution < 1.29 is 15.1 Å². The molecule has 0 bridgehead atoms. The Morgan fingerprint density at radius 3 is 2.59 bits per heavy atom. The Bertz CT molecular complexity index is 413. The molecular formula is C10H11Cl2NO4. The van der Waals surface area contributed by atoms with Crippen LogP contribution in [0.25, 0.3) is 0 Å².